The molecule has 2 N–H and O–H groups in total. The quantitative estimate of drug-likeness (QED) is 0.730. The minimum atomic E-state index is -1.78. The third-order valence-electron chi connectivity index (χ3n) is 8.55. The van der Waals surface area contributed by atoms with Gasteiger partial charge in [0.25, 0.3) is 0 Å². The smallest absolute Gasteiger partial charge is 0.226 e. The number of nitrogens with zero attached hydrogens (tertiary/aromatic N) is 2. The van der Waals surface area contributed by atoms with Crippen molar-refractivity contribution in [3.63, 3.8) is 0 Å². The lowest BCUT2D eigenvalue weighted by Gasteiger charge is -2.61. The minimum Gasteiger partial charge on any atom is -0.392 e. The van der Waals surface area contributed by atoms with Crippen LogP contribution in [0.5, 0.6) is 0 Å². The van der Waals surface area contributed by atoms with Gasteiger partial charge in [-0.1, -0.05) is 6.92 Å². The Balaban J connectivity index is 1.32. The van der Waals surface area contributed by atoms with Crippen LogP contribution in [0.3, 0.4) is 0 Å². The van der Waals surface area contributed by atoms with E-state index >= 15 is 4.39 Å². The standard InChI is InChI=1S/C25H32FN3O2/c1-24-7-14-5-17(8-24)29(18(6-14)9-24)20(31)10-25(2,26)19-12-28-23-22(19)21(15-3-4-15)16(13-30)11-27-23/h11-12,14-15,17-18,30H,3-10,13H2,1-2H3,(H,27,28). The molecule has 31 heavy (non-hydrogen) atoms. The first-order valence-electron chi connectivity index (χ1n) is 11.9. The molecule has 6 heteroatoms. The number of alkyl halides is 1. The van der Waals surface area contributed by atoms with Gasteiger partial charge in [-0.2, -0.15) is 0 Å². The monoisotopic (exact) mass is 425 g/mol. The molecule has 3 unspecified atom stereocenters. The normalized spacial score (nSPS) is 33.8. The summed E-state index contributed by atoms with van der Waals surface area (Å²) in [6.07, 6.45) is 10.9. The number of carbonyl (C=O) groups is 1. The van der Waals surface area contributed by atoms with E-state index in [1.807, 2.05) is 0 Å². The molecule has 166 valence electrons. The van der Waals surface area contributed by atoms with E-state index < -0.39 is 5.67 Å². The number of fused-ring (bicyclic) bond motifs is 1. The van der Waals surface area contributed by atoms with E-state index in [0.717, 1.165) is 61.0 Å². The summed E-state index contributed by atoms with van der Waals surface area (Å²) in [5.41, 5.74) is 1.53. The van der Waals surface area contributed by atoms with E-state index in [2.05, 4.69) is 21.8 Å². The number of rotatable bonds is 5. The number of aromatic nitrogens is 2. The van der Waals surface area contributed by atoms with Crippen molar-refractivity contribution >= 4 is 16.9 Å². The zero-order valence-corrected chi connectivity index (χ0v) is 18.5. The van der Waals surface area contributed by atoms with Crippen LogP contribution in [0.2, 0.25) is 0 Å². The molecule has 2 aliphatic heterocycles. The Hall–Kier alpha value is -1.95. The fourth-order valence-electron chi connectivity index (χ4n) is 7.42. The van der Waals surface area contributed by atoms with Gasteiger partial charge in [0, 0.05) is 41.0 Å². The van der Waals surface area contributed by atoms with Crippen LogP contribution in [0.1, 0.15) is 87.8 Å². The van der Waals surface area contributed by atoms with Crippen LogP contribution in [0.4, 0.5) is 4.39 Å². The zero-order chi connectivity index (χ0) is 21.5. The molecular weight excluding hydrogens is 393 g/mol. The molecule has 1 amide bonds. The number of hydrogen-bond donors (Lipinski definition) is 2. The van der Waals surface area contributed by atoms with E-state index in [9.17, 15) is 9.90 Å². The van der Waals surface area contributed by atoms with Gasteiger partial charge < -0.3 is 15.0 Å². The van der Waals surface area contributed by atoms with Crippen molar-refractivity contribution in [2.45, 2.75) is 95.5 Å². The van der Waals surface area contributed by atoms with Crippen LogP contribution >= 0.6 is 0 Å². The Morgan fingerprint density at radius 2 is 2.03 bits per heavy atom. The van der Waals surface area contributed by atoms with E-state index in [1.165, 1.54) is 13.3 Å². The van der Waals surface area contributed by atoms with Crippen molar-refractivity contribution in [2.24, 2.45) is 11.3 Å². The van der Waals surface area contributed by atoms with Crippen molar-refractivity contribution < 1.29 is 14.3 Å². The van der Waals surface area contributed by atoms with Crippen molar-refractivity contribution in [2.75, 3.05) is 0 Å². The first-order valence-corrected chi connectivity index (χ1v) is 11.9. The third-order valence-corrected chi connectivity index (χ3v) is 8.55. The first kappa shape index (κ1) is 19.7. The summed E-state index contributed by atoms with van der Waals surface area (Å²) in [7, 11) is 0. The lowest BCUT2D eigenvalue weighted by molar-refractivity contribution is -0.159. The molecule has 7 rings (SSSR count). The number of aliphatic hydroxyl groups excluding tert-OH is 1. The van der Waals surface area contributed by atoms with Crippen molar-refractivity contribution in [3.05, 3.63) is 29.1 Å². The number of aromatic amines is 1. The van der Waals surface area contributed by atoms with Crippen molar-refractivity contribution in [1.29, 1.82) is 0 Å². The fourth-order valence-corrected chi connectivity index (χ4v) is 7.42. The summed E-state index contributed by atoms with van der Waals surface area (Å²) in [5, 5.41) is 10.6. The molecule has 4 heterocycles. The molecule has 4 bridgehead atoms. The van der Waals surface area contributed by atoms with E-state index in [4.69, 9.17) is 0 Å². The Labute approximate surface area is 182 Å². The second-order valence-corrected chi connectivity index (χ2v) is 11.3. The van der Waals surface area contributed by atoms with Gasteiger partial charge in [-0.25, -0.2) is 9.37 Å². The molecule has 5 nitrogen and oxygen atoms in total. The lowest BCUT2D eigenvalue weighted by Crippen LogP contribution is -2.63. The fraction of sp³-hybridized carbons (Fsp3) is 0.680. The average molecular weight is 426 g/mol. The minimum absolute atomic E-state index is 0.0454. The van der Waals surface area contributed by atoms with Crippen LogP contribution in [0.15, 0.2) is 12.4 Å². The Kier molecular flexibility index (Phi) is 4.15. The summed E-state index contributed by atoms with van der Waals surface area (Å²) in [6.45, 7) is 3.81. The number of carbonyl (C=O) groups excluding carboxylic acids is 1. The first-order chi connectivity index (χ1) is 14.8. The van der Waals surface area contributed by atoms with Gasteiger partial charge in [-0.3, -0.25) is 4.79 Å². The maximum absolute atomic E-state index is 16.3. The summed E-state index contributed by atoms with van der Waals surface area (Å²) < 4.78 is 16.3. The molecule has 5 aliphatic rings. The van der Waals surface area contributed by atoms with Crippen molar-refractivity contribution in [1.82, 2.24) is 14.9 Å². The van der Waals surface area contributed by atoms with Gasteiger partial charge in [0.1, 0.15) is 11.3 Å². The third kappa shape index (κ3) is 3.05. The van der Waals surface area contributed by atoms with E-state index in [0.29, 0.717) is 22.5 Å². The van der Waals surface area contributed by atoms with Crippen LogP contribution in [0.25, 0.3) is 11.0 Å². The number of nitrogens with one attached hydrogen (secondary N) is 1. The average Bonchev–Trinajstić information content (AvgIpc) is 3.42. The second-order valence-electron chi connectivity index (χ2n) is 11.3. The number of halogens is 1. The molecule has 0 aromatic carbocycles. The summed E-state index contributed by atoms with van der Waals surface area (Å²) in [6, 6.07) is 0.569. The number of hydrogen-bond acceptors (Lipinski definition) is 3. The van der Waals surface area contributed by atoms with Crippen LogP contribution in [0, 0.1) is 11.3 Å². The molecule has 3 atom stereocenters. The Bertz CT molecular complexity index is 1040. The molecule has 5 fully saturated rings. The number of pyridine rings is 1. The van der Waals surface area contributed by atoms with E-state index in [1.54, 1.807) is 12.4 Å². The van der Waals surface area contributed by atoms with Gasteiger partial charge in [0.2, 0.25) is 5.91 Å². The molecule has 2 aromatic rings. The lowest BCUT2D eigenvalue weighted by atomic mass is 9.56. The SMILES string of the molecule is CC12CC3CC(C1)N(C(=O)CC(C)(F)c1c[nH]c4ncc(CO)c(C5CC5)c14)C(C3)C2. The van der Waals surface area contributed by atoms with Crippen LogP contribution in [-0.2, 0) is 17.1 Å². The van der Waals surface area contributed by atoms with Crippen molar-refractivity contribution in [3.8, 4) is 0 Å². The molecule has 2 aromatic heterocycles. The number of amides is 1. The number of aliphatic hydroxyl groups is 1. The van der Waals surface area contributed by atoms with Gasteiger partial charge in [0.05, 0.1) is 13.0 Å². The topological polar surface area (TPSA) is 69.2 Å². The van der Waals surface area contributed by atoms with Crippen LogP contribution in [-0.4, -0.2) is 38.0 Å². The largest absolute Gasteiger partial charge is 0.392 e. The molecule has 0 spiro atoms. The molecule has 2 saturated heterocycles. The maximum atomic E-state index is 16.3. The van der Waals surface area contributed by atoms with E-state index in [-0.39, 0.29) is 31.0 Å². The van der Waals surface area contributed by atoms with Crippen LogP contribution < -0.4 is 0 Å². The highest BCUT2D eigenvalue weighted by Crippen LogP contribution is 2.56. The Morgan fingerprint density at radius 1 is 1.32 bits per heavy atom. The van der Waals surface area contributed by atoms with Gasteiger partial charge in [-0.05, 0) is 74.7 Å². The predicted molar refractivity (Wildman–Crippen MR) is 116 cm³/mol. The zero-order valence-electron chi connectivity index (χ0n) is 18.5. The van der Waals surface area contributed by atoms with Gasteiger partial charge in [-0.15, -0.1) is 0 Å². The number of piperidine rings is 2. The highest BCUT2D eigenvalue weighted by atomic mass is 19.1. The molecule has 3 saturated carbocycles. The highest BCUT2D eigenvalue weighted by Gasteiger charge is 2.54. The molecule has 3 aliphatic carbocycles. The second kappa shape index (κ2) is 6.53. The summed E-state index contributed by atoms with van der Waals surface area (Å²) in [4.78, 5) is 23.1. The highest BCUT2D eigenvalue weighted by molar-refractivity contribution is 5.88. The Morgan fingerprint density at radius 3 is 2.65 bits per heavy atom. The summed E-state index contributed by atoms with van der Waals surface area (Å²) >= 11 is 0. The molecular formula is C25H32FN3O2. The predicted octanol–water partition coefficient (Wildman–Crippen LogP) is 4.69. The summed E-state index contributed by atoms with van der Waals surface area (Å²) in [5.74, 6) is 1.04. The van der Waals surface area contributed by atoms with Gasteiger partial charge >= 0.3 is 0 Å². The molecule has 0 radical (unpaired) electrons. The maximum Gasteiger partial charge on any atom is 0.226 e. The van der Waals surface area contributed by atoms with Gasteiger partial charge in [0.15, 0.2) is 0 Å². The number of H-pyrrole nitrogens is 1.